The van der Waals surface area contributed by atoms with E-state index in [0.29, 0.717) is 11.4 Å². The summed E-state index contributed by atoms with van der Waals surface area (Å²) in [6, 6.07) is 0. The summed E-state index contributed by atoms with van der Waals surface area (Å²) >= 11 is 0. The Morgan fingerprint density at radius 2 is 2.14 bits per heavy atom. The highest BCUT2D eigenvalue weighted by atomic mass is 16.2. The monoisotopic (exact) mass is 192 g/mol. The lowest BCUT2D eigenvalue weighted by Crippen LogP contribution is -2.46. The fraction of sp³-hybridized carbons (Fsp3) is 0.556. The Labute approximate surface area is 82.0 Å². The second-order valence-corrected chi connectivity index (χ2v) is 3.37. The second kappa shape index (κ2) is 3.32. The third-order valence-corrected chi connectivity index (χ3v) is 2.13. The maximum Gasteiger partial charge on any atom is 0.275 e. The van der Waals surface area contributed by atoms with Crippen LogP contribution in [0, 0.1) is 0 Å². The first-order valence-corrected chi connectivity index (χ1v) is 4.76. The number of nitrogens with one attached hydrogen (secondary N) is 1. The van der Waals surface area contributed by atoms with Gasteiger partial charge in [0.15, 0.2) is 5.71 Å². The van der Waals surface area contributed by atoms with Gasteiger partial charge in [0.05, 0.1) is 5.71 Å². The van der Waals surface area contributed by atoms with E-state index in [9.17, 15) is 4.79 Å². The molecule has 0 bridgehead atoms. The standard InChI is InChI=1S/C9H12N4O/c1-3-4-6-7-8(13-12-6)9(14)11-5(2)10-7/h5H,3-4H2,1-2H3,(H,11,14). The van der Waals surface area contributed by atoms with Crippen LogP contribution in [0.5, 0.6) is 0 Å². The van der Waals surface area contributed by atoms with Gasteiger partial charge in [0.1, 0.15) is 11.9 Å². The highest BCUT2D eigenvalue weighted by molar-refractivity contribution is 6.83. The van der Waals surface area contributed by atoms with Crippen LogP contribution in [0.25, 0.3) is 0 Å². The number of hydrogen-bond donors (Lipinski definition) is 1. The predicted molar refractivity (Wildman–Crippen MR) is 54.8 cm³/mol. The van der Waals surface area contributed by atoms with E-state index in [1.165, 1.54) is 0 Å². The average molecular weight is 192 g/mol. The molecule has 1 atom stereocenters. The summed E-state index contributed by atoms with van der Waals surface area (Å²) in [5, 5.41) is 10.5. The zero-order valence-corrected chi connectivity index (χ0v) is 8.24. The quantitative estimate of drug-likeness (QED) is 0.680. The Balaban J connectivity index is 2.30. The van der Waals surface area contributed by atoms with E-state index in [1.807, 2.05) is 6.92 Å². The Bertz CT molecular complexity index is 367. The van der Waals surface area contributed by atoms with E-state index in [-0.39, 0.29) is 12.1 Å². The molecule has 5 heteroatoms. The molecule has 0 aromatic rings. The molecule has 2 aliphatic heterocycles. The zero-order valence-electron chi connectivity index (χ0n) is 8.24. The summed E-state index contributed by atoms with van der Waals surface area (Å²) in [6.45, 7) is 3.90. The molecule has 1 amide bonds. The number of carbonyl (C=O) groups is 1. The van der Waals surface area contributed by atoms with Crippen molar-refractivity contribution in [2.75, 3.05) is 0 Å². The molecule has 1 N–H and O–H groups in total. The lowest BCUT2D eigenvalue weighted by molar-refractivity contribution is -0.115. The first kappa shape index (κ1) is 9.05. The molecular formula is C9H12N4O. The molecule has 0 aromatic carbocycles. The van der Waals surface area contributed by atoms with Gasteiger partial charge >= 0.3 is 0 Å². The van der Waals surface area contributed by atoms with Gasteiger partial charge in [-0.25, -0.2) is 0 Å². The van der Waals surface area contributed by atoms with E-state index >= 15 is 0 Å². The number of amides is 1. The van der Waals surface area contributed by atoms with Crippen LogP contribution in [0.15, 0.2) is 15.2 Å². The molecule has 0 saturated heterocycles. The van der Waals surface area contributed by atoms with Gasteiger partial charge in [-0.1, -0.05) is 13.3 Å². The van der Waals surface area contributed by atoms with E-state index in [1.54, 1.807) is 0 Å². The van der Waals surface area contributed by atoms with Gasteiger partial charge in [0.2, 0.25) is 0 Å². The summed E-state index contributed by atoms with van der Waals surface area (Å²) < 4.78 is 0. The van der Waals surface area contributed by atoms with Crippen LogP contribution in [0.3, 0.4) is 0 Å². The topological polar surface area (TPSA) is 66.2 Å². The number of rotatable bonds is 2. The molecule has 2 rings (SSSR count). The van der Waals surface area contributed by atoms with Gasteiger partial charge in [0, 0.05) is 0 Å². The van der Waals surface area contributed by atoms with E-state index in [2.05, 4.69) is 27.4 Å². The lowest BCUT2D eigenvalue weighted by atomic mass is 10.1. The maximum absolute atomic E-state index is 11.4. The molecule has 0 spiro atoms. The number of aliphatic imine (C=N–C) groups is 1. The fourth-order valence-electron chi connectivity index (χ4n) is 1.52. The number of nitrogens with zero attached hydrogens (tertiary/aromatic N) is 3. The van der Waals surface area contributed by atoms with E-state index < -0.39 is 0 Å². The number of carbonyl (C=O) groups excluding carboxylic acids is 1. The zero-order chi connectivity index (χ0) is 10.1. The molecule has 0 fully saturated rings. The van der Waals surface area contributed by atoms with E-state index in [4.69, 9.17) is 0 Å². The van der Waals surface area contributed by atoms with Crippen molar-refractivity contribution < 1.29 is 4.79 Å². The van der Waals surface area contributed by atoms with Crippen molar-refractivity contribution in [3.8, 4) is 0 Å². The Morgan fingerprint density at radius 1 is 1.36 bits per heavy atom. The molecule has 2 heterocycles. The molecule has 0 aliphatic carbocycles. The van der Waals surface area contributed by atoms with Gasteiger partial charge < -0.3 is 5.32 Å². The molecule has 14 heavy (non-hydrogen) atoms. The molecule has 0 saturated carbocycles. The van der Waals surface area contributed by atoms with Crippen LogP contribution in [0.4, 0.5) is 0 Å². The van der Waals surface area contributed by atoms with Gasteiger partial charge in [-0.05, 0) is 13.3 Å². The second-order valence-electron chi connectivity index (χ2n) is 3.37. The SMILES string of the molecule is CCCC1=NN=C2C(=O)NC(C)N=C12. The van der Waals surface area contributed by atoms with Crippen molar-refractivity contribution in [3.05, 3.63) is 0 Å². The highest BCUT2D eigenvalue weighted by Crippen LogP contribution is 2.10. The van der Waals surface area contributed by atoms with Crippen LogP contribution in [0.1, 0.15) is 26.7 Å². The van der Waals surface area contributed by atoms with Crippen LogP contribution in [-0.4, -0.2) is 29.2 Å². The van der Waals surface area contributed by atoms with Gasteiger partial charge in [-0.3, -0.25) is 9.79 Å². The van der Waals surface area contributed by atoms with Crippen molar-refractivity contribution in [1.29, 1.82) is 0 Å². The summed E-state index contributed by atoms with van der Waals surface area (Å²) in [5.74, 6) is -0.169. The first-order chi connectivity index (χ1) is 6.72. The summed E-state index contributed by atoms with van der Waals surface area (Å²) in [5.41, 5.74) is 1.89. The van der Waals surface area contributed by atoms with Gasteiger partial charge in [-0.2, -0.15) is 5.10 Å². The minimum Gasteiger partial charge on any atom is -0.329 e. The van der Waals surface area contributed by atoms with Crippen molar-refractivity contribution >= 4 is 23.0 Å². The molecule has 74 valence electrons. The lowest BCUT2D eigenvalue weighted by Gasteiger charge is -2.16. The summed E-state index contributed by atoms with van der Waals surface area (Å²) in [6.07, 6.45) is 1.64. The van der Waals surface area contributed by atoms with Crippen molar-refractivity contribution in [2.24, 2.45) is 15.2 Å². The van der Waals surface area contributed by atoms with Crippen LogP contribution >= 0.6 is 0 Å². The smallest absolute Gasteiger partial charge is 0.275 e. The van der Waals surface area contributed by atoms with Crippen molar-refractivity contribution in [1.82, 2.24) is 5.32 Å². The minimum absolute atomic E-state index is 0.169. The maximum atomic E-state index is 11.4. The minimum atomic E-state index is -0.170. The molecule has 5 nitrogen and oxygen atoms in total. The molecule has 0 aromatic heterocycles. The largest absolute Gasteiger partial charge is 0.329 e. The Kier molecular flexibility index (Phi) is 2.15. The summed E-state index contributed by atoms with van der Waals surface area (Å²) in [4.78, 5) is 15.8. The first-order valence-electron chi connectivity index (χ1n) is 4.76. The Morgan fingerprint density at radius 3 is 2.86 bits per heavy atom. The highest BCUT2D eigenvalue weighted by Gasteiger charge is 2.31. The third-order valence-electron chi connectivity index (χ3n) is 2.13. The van der Waals surface area contributed by atoms with E-state index in [0.717, 1.165) is 18.6 Å². The number of fused-ring (bicyclic) bond motifs is 1. The van der Waals surface area contributed by atoms with Gasteiger partial charge in [-0.15, -0.1) is 5.10 Å². The molecule has 0 radical (unpaired) electrons. The predicted octanol–water partition coefficient (Wildman–Crippen LogP) is 0.514. The van der Waals surface area contributed by atoms with Crippen molar-refractivity contribution in [3.63, 3.8) is 0 Å². The average Bonchev–Trinajstić information content (AvgIpc) is 2.49. The fourth-order valence-corrected chi connectivity index (χ4v) is 1.52. The van der Waals surface area contributed by atoms with Gasteiger partial charge in [0.25, 0.3) is 5.91 Å². The Hall–Kier alpha value is -1.52. The normalized spacial score (nSPS) is 24.9. The molecule has 2 aliphatic rings. The van der Waals surface area contributed by atoms with Crippen LogP contribution in [0.2, 0.25) is 0 Å². The molecule has 1 unspecified atom stereocenters. The van der Waals surface area contributed by atoms with Crippen LogP contribution in [-0.2, 0) is 4.79 Å². The summed E-state index contributed by atoms with van der Waals surface area (Å²) in [7, 11) is 0. The number of hydrogen-bond acceptors (Lipinski definition) is 4. The van der Waals surface area contributed by atoms with Crippen LogP contribution < -0.4 is 5.32 Å². The third kappa shape index (κ3) is 1.34. The molecular weight excluding hydrogens is 180 g/mol. The van der Waals surface area contributed by atoms with Crippen molar-refractivity contribution in [2.45, 2.75) is 32.9 Å².